The number of hydrogen-bond acceptors (Lipinski definition) is 6. The van der Waals surface area contributed by atoms with Gasteiger partial charge >= 0.3 is 6.03 Å². The molecule has 5 amide bonds. The molecule has 2 N–H and O–H groups in total. The van der Waals surface area contributed by atoms with E-state index in [1.54, 1.807) is 30.3 Å². The fourth-order valence-electron chi connectivity index (χ4n) is 4.24. The van der Waals surface area contributed by atoms with Crippen molar-refractivity contribution in [2.75, 3.05) is 11.4 Å². The molecule has 9 nitrogen and oxygen atoms in total. The first-order valence-electron chi connectivity index (χ1n) is 11.3. The van der Waals surface area contributed by atoms with Gasteiger partial charge in [0.1, 0.15) is 5.75 Å². The summed E-state index contributed by atoms with van der Waals surface area (Å²) in [5.74, 6) is -3.16. The van der Waals surface area contributed by atoms with Gasteiger partial charge in [0.25, 0.3) is 5.91 Å². The molecule has 3 atom stereocenters. The van der Waals surface area contributed by atoms with Crippen molar-refractivity contribution in [2.24, 2.45) is 5.92 Å². The standard InChI is InChI=1S/C25H25ClN4O5/c1-3-5-14(2)35-18-9-15(8-16(26)10-18)19-11-20(21-13-28-25(34)29-22(21)31)24(33)30(23(19)32)17-6-4-7-27-12-17/h4,6-12,14,19,21H,3,5,13H2,1-2H3,(H2,28,29,31,34). The van der Waals surface area contributed by atoms with Crippen molar-refractivity contribution in [1.29, 1.82) is 0 Å². The summed E-state index contributed by atoms with van der Waals surface area (Å²) in [4.78, 5) is 56.3. The number of aromatic nitrogens is 1. The molecule has 2 aliphatic rings. The topological polar surface area (TPSA) is 118 Å². The summed E-state index contributed by atoms with van der Waals surface area (Å²) in [7, 11) is 0. The van der Waals surface area contributed by atoms with Crippen molar-refractivity contribution in [3.8, 4) is 5.75 Å². The van der Waals surface area contributed by atoms with Crippen LogP contribution in [0.3, 0.4) is 0 Å². The molecule has 35 heavy (non-hydrogen) atoms. The second-order valence-corrected chi connectivity index (χ2v) is 8.92. The highest BCUT2D eigenvalue weighted by atomic mass is 35.5. The van der Waals surface area contributed by atoms with E-state index in [0.29, 0.717) is 16.3 Å². The maximum atomic E-state index is 13.6. The van der Waals surface area contributed by atoms with Crippen LogP contribution in [0, 0.1) is 5.92 Å². The van der Waals surface area contributed by atoms with Gasteiger partial charge in [-0.05, 0) is 49.2 Å². The van der Waals surface area contributed by atoms with Gasteiger partial charge in [-0.2, -0.15) is 0 Å². The summed E-state index contributed by atoms with van der Waals surface area (Å²) in [6, 6.07) is 7.58. The maximum Gasteiger partial charge on any atom is 0.321 e. The number of urea groups is 1. The summed E-state index contributed by atoms with van der Waals surface area (Å²) >= 11 is 6.37. The Morgan fingerprint density at radius 1 is 1.23 bits per heavy atom. The molecular weight excluding hydrogens is 472 g/mol. The minimum absolute atomic E-state index is 0.0532. The zero-order valence-corrected chi connectivity index (χ0v) is 20.0. The lowest BCUT2D eigenvalue weighted by atomic mass is 9.85. The Labute approximate surface area is 207 Å². The molecule has 1 aromatic heterocycles. The number of halogens is 1. The molecule has 0 radical (unpaired) electrons. The van der Waals surface area contributed by atoms with Gasteiger partial charge in [-0.3, -0.25) is 24.7 Å². The van der Waals surface area contributed by atoms with Crippen molar-refractivity contribution in [1.82, 2.24) is 15.6 Å². The summed E-state index contributed by atoms with van der Waals surface area (Å²) < 4.78 is 5.99. The highest BCUT2D eigenvalue weighted by Gasteiger charge is 2.43. The van der Waals surface area contributed by atoms with Crippen LogP contribution in [0.5, 0.6) is 5.75 Å². The number of anilines is 1. The van der Waals surface area contributed by atoms with E-state index >= 15 is 0 Å². The highest BCUT2D eigenvalue weighted by molar-refractivity contribution is 6.31. The van der Waals surface area contributed by atoms with Crippen molar-refractivity contribution in [2.45, 2.75) is 38.7 Å². The number of hydrogen-bond donors (Lipinski definition) is 2. The zero-order chi connectivity index (χ0) is 25.1. The molecule has 2 aromatic rings. The van der Waals surface area contributed by atoms with Gasteiger partial charge in [-0.25, -0.2) is 9.69 Å². The average Bonchev–Trinajstić information content (AvgIpc) is 2.80. The molecule has 3 heterocycles. The summed E-state index contributed by atoms with van der Waals surface area (Å²) in [5.41, 5.74) is 0.881. The third-order valence-corrected chi connectivity index (χ3v) is 6.09. The monoisotopic (exact) mass is 496 g/mol. The summed E-state index contributed by atoms with van der Waals surface area (Å²) in [6.07, 6.45) is 6.15. The fourth-order valence-corrected chi connectivity index (χ4v) is 4.47. The fraction of sp³-hybridized carbons (Fsp3) is 0.320. The molecule has 10 heteroatoms. The number of carbonyl (C=O) groups excluding carboxylic acids is 4. The number of imide groups is 2. The molecule has 0 bridgehead atoms. The Balaban J connectivity index is 1.79. The van der Waals surface area contributed by atoms with Crippen LogP contribution in [-0.4, -0.2) is 41.4 Å². The lowest BCUT2D eigenvalue weighted by Gasteiger charge is -2.34. The molecule has 1 fully saturated rings. The van der Waals surface area contributed by atoms with Crippen molar-refractivity contribution < 1.29 is 23.9 Å². The second-order valence-electron chi connectivity index (χ2n) is 8.48. The van der Waals surface area contributed by atoms with Gasteiger partial charge in [0, 0.05) is 23.3 Å². The first-order valence-corrected chi connectivity index (χ1v) is 11.7. The van der Waals surface area contributed by atoms with E-state index in [0.717, 1.165) is 17.7 Å². The van der Waals surface area contributed by atoms with E-state index in [9.17, 15) is 19.2 Å². The molecule has 4 rings (SSSR count). The van der Waals surface area contributed by atoms with E-state index in [1.807, 2.05) is 6.92 Å². The quantitative estimate of drug-likeness (QED) is 0.568. The van der Waals surface area contributed by atoms with Gasteiger partial charge in [0.05, 0.1) is 29.8 Å². The minimum Gasteiger partial charge on any atom is -0.491 e. The van der Waals surface area contributed by atoms with E-state index in [1.165, 1.54) is 18.5 Å². The molecule has 3 unspecified atom stereocenters. The highest BCUT2D eigenvalue weighted by Crippen LogP contribution is 2.36. The molecule has 0 spiro atoms. The molecular formula is C25H25ClN4O5. The minimum atomic E-state index is -0.963. The van der Waals surface area contributed by atoms with Crippen molar-refractivity contribution >= 4 is 41.0 Å². The SMILES string of the molecule is CCCC(C)Oc1cc(Cl)cc(C2C=C(C3CNC(=O)NC3=O)C(=O)N(c3cccnc3)C2=O)c1. The Kier molecular flexibility index (Phi) is 7.16. The number of carbonyl (C=O) groups is 4. The predicted molar refractivity (Wildman–Crippen MR) is 129 cm³/mol. The molecule has 0 saturated carbocycles. The van der Waals surface area contributed by atoms with Gasteiger partial charge in [-0.15, -0.1) is 0 Å². The Hall–Kier alpha value is -3.72. The molecule has 182 valence electrons. The third-order valence-electron chi connectivity index (χ3n) is 5.87. The molecule has 0 aliphatic carbocycles. The number of nitrogens with zero attached hydrogens (tertiary/aromatic N) is 2. The zero-order valence-electron chi connectivity index (χ0n) is 19.3. The van der Waals surface area contributed by atoms with E-state index in [4.69, 9.17) is 16.3 Å². The van der Waals surface area contributed by atoms with Crippen molar-refractivity contribution in [3.63, 3.8) is 0 Å². The second kappa shape index (κ2) is 10.3. The molecule has 2 aliphatic heterocycles. The van der Waals surface area contributed by atoms with Crippen LogP contribution in [0.4, 0.5) is 10.5 Å². The Morgan fingerprint density at radius 2 is 2.03 bits per heavy atom. The van der Waals surface area contributed by atoms with Gasteiger partial charge < -0.3 is 10.1 Å². The lowest BCUT2D eigenvalue weighted by Crippen LogP contribution is -2.55. The number of nitrogens with one attached hydrogen (secondary N) is 2. The van der Waals surface area contributed by atoms with Crippen LogP contribution in [0.1, 0.15) is 38.2 Å². The largest absolute Gasteiger partial charge is 0.491 e. The smallest absolute Gasteiger partial charge is 0.321 e. The number of ether oxygens (including phenoxy) is 1. The first kappa shape index (κ1) is 24.4. The first-order chi connectivity index (χ1) is 16.8. The van der Waals surface area contributed by atoms with Crippen LogP contribution in [-0.2, 0) is 14.4 Å². The average molecular weight is 497 g/mol. The molecule has 1 aromatic carbocycles. The van der Waals surface area contributed by atoms with Crippen LogP contribution in [0.2, 0.25) is 5.02 Å². The van der Waals surface area contributed by atoms with Gasteiger partial charge in [-0.1, -0.05) is 31.0 Å². The van der Waals surface area contributed by atoms with Crippen LogP contribution < -0.4 is 20.3 Å². The van der Waals surface area contributed by atoms with Crippen LogP contribution in [0.15, 0.2) is 54.4 Å². The molecule has 1 saturated heterocycles. The van der Waals surface area contributed by atoms with E-state index < -0.39 is 35.6 Å². The van der Waals surface area contributed by atoms with Gasteiger partial charge in [0.2, 0.25) is 11.8 Å². The normalized spacial score (nSPS) is 21.2. The number of rotatable bonds is 7. The number of amides is 5. The van der Waals surface area contributed by atoms with Crippen LogP contribution >= 0.6 is 11.6 Å². The number of pyridine rings is 1. The lowest BCUT2D eigenvalue weighted by molar-refractivity contribution is -0.129. The maximum absolute atomic E-state index is 13.6. The third kappa shape index (κ3) is 5.19. The predicted octanol–water partition coefficient (Wildman–Crippen LogP) is 3.34. The summed E-state index contributed by atoms with van der Waals surface area (Å²) in [6.45, 7) is 3.94. The van der Waals surface area contributed by atoms with Crippen LogP contribution in [0.25, 0.3) is 0 Å². The van der Waals surface area contributed by atoms with E-state index in [2.05, 4.69) is 22.5 Å². The van der Waals surface area contributed by atoms with E-state index in [-0.39, 0.29) is 23.9 Å². The van der Waals surface area contributed by atoms with Crippen molar-refractivity contribution in [3.05, 3.63) is 65.0 Å². The number of benzene rings is 1. The summed E-state index contributed by atoms with van der Waals surface area (Å²) in [5, 5.41) is 5.08. The Bertz CT molecular complexity index is 1200. The Morgan fingerprint density at radius 3 is 2.71 bits per heavy atom. The van der Waals surface area contributed by atoms with Gasteiger partial charge in [0.15, 0.2) is 0 Å².